The van der Waals surface area contributed by atoms with Gasteiger partial charge in [-0.1, -0.05) is 96.8 Å². The van der Waals surface area contributed by atoms with Crippen LogP contribution >= 0.6 is 0 Å². The van der Waals surface area contributed by atoms with Crippen LogP contribution in [-0.4, -0.2) is 17.9 Å². The van der Waals surface area contributed by atoms with Crippen molar-refractivity contribution in [3.63, 3.8) is 0 Å². The summed E-state index contributed by atoms with van der Waals surface area (Å²) >= 11 is 0. The molecule has 3 N–H and O–H groups in total. The number of rotatable bonds is 18. The van der Waals surface area contributed by atoms with Crippen LogP contribution in [0, 0.1) is 0 Å². The first-order chi connectivity index (χ1) is 12.1. The van der Waals surface area contributed by atoms with Crippen molar-refractivity contribution in [3.05, 3.63) is 0 Å². The maximum absolute atomic E-state index is 11.6. The molecule has 0 saturated heterocycles. The molecule has 0 aliphatic carbocycles. The monoisotopic (exact) mass is 354 g/mol. The fourth-order valence-corrected chi connectivity index (χ4v) is 3.04. The van der Waals surface area contributed by atoms with Gasteiger partial charge in [-0.05, 0) is 13.3 Å². The van der Waals surface area contributed by atoms with Crippen LogP contribution in [-0.2, 0) is 9.59 Å². The first-order valence-corrected chi connectivity index (χ1v) is 10.7. The molecule has 0 aromatic heterocycles. The van der Waals surface area contributed by atoms with Crippen LogP contribution in [0.5, 0.6) is 0 Å². The average molecular weight is 355 g/mol. The number of carbonyl (C=O) groups excluding carboxylic acids is 2. The summed E-state index contributed by atoms with van der Waals surface area (Å²) in [6.45, 7) is 3.89. The highest BCUT2D eigenvalue weighted by Crippen LogP contribution is 2.13. The molecule has 25 heavy (non-hydrogen) atoms. The number of unbranched alkanes of at least 4 members (excludes halogenated alkanes) is 14. The standard InChI is InChI=1S/C21H42N2O2/c1-3-4-5-6-7-8-9-10-11-12-13-14-15-16-17-18-20(24)23-19(2)21(22)25/h19H,3-18H2,1-2H3,(H2,22,25)(H,23,24)/t19-/m0/s1. The number of hydrogen-bond donors (Lipinski definition) is 2. The van der Waals surface area contributed by atoms with Gasteiger partial charge in [0.15, 0.2) is 0 Å². The van der Waals surface area contributed by atoms with Gasteiger partial charge in [0.25, 0.3) is 0 Å². The quantitative estimate of drug-likeness (QED) is 0.330. The molecule has 1 atom stereocenters. The van der Waals surface area contributed by atoms with E-state index in [9.17, 15) is 9.59 Å². The third kappa shape index (κ3) is 17.6. The Hall–Kier alpha value is -1.06. The number of carbonyl (C=O) groups is 2. The second kappa shape index (κ2) is 17.8. The molecule has 0 aliphatic heterocycles. The van der Waals surface area contributed by atoms with Gasteiger partial charge < -0.3 is 11.1 Å². The van der Waals surface area contributed by atoms with Gasteiger partial charge in [0.1, 0.15) is 6.04 Å². The lowest BCUT2D eigenvalue weighted by atomic mass is 10.0. The number of nitrogens with two attached hydrogens (primary N) is 1. The summed E-state index contributed by atoms with van der Waals surface area (Å²) < 4.78 is 0. The number of amides is 2. The lowest BCUT2D eigenvalue weighted by molar-refractivity contribution is -0.127. The van der Waals surface area contributed by atoms with Crippen molar-refractivity contribution in [1.29, 1.82) is 0 Å². The third-order valence-corrected chi connectivity index (χ3v) is 4.81. The SMILES string of the molecule is CCCCCCCCCCCCCCCCCC(=O)N[C@@H](C)C(N)=O. The van der Waals surface area contributed by atoms with E-state index in [0.29, 0.717) is 6.42 Å². The summed E-state index contributed by atoms with van der Waals surface area (Å²) in [5, 5.41) is 2.62. The zero-order valence-electron chi connectivity index (χ0n) is 16.8. The Kier molecular flexibility index (Phi) is 17.0. The van der Waals surface area contributed by atoms with E-state index in [1.54, 1.807) is 6.92 Å². The minimum atomic E-state index is -0.566. The van der Waals surface area contributed by atoms with Gasteiger partial charge in [0, 0.05) is 6.42 Å². The highest BCUT2D eigenvalue weighted by molar-refractivity contribution is 5.86. The summed E-state index contributed by atoms with van der Waals surface area (Å²) in [4.78, 5) is 22.4. The highest BCUT2D eigenvalue weighted by Gasteiger charge is 2.11. The second-order valence-electron chi connectivity index (χ2n) is 7.39. The predicted octanol–water partition coefficient (Wildman–Crippen LogP) is 5.24. The molecule has 0 spiro atoms. The van der Waals surface area contributed by atoms with Gasteiger partial charge in [-0.3, -0.25) is 9.59 Å². The molecule has 0 bridgehead atoms. The third-order valence-electron chi connectivity index (χ3n) is 4.81. The van der Waals surface area contributed by atoms with Crippen molar-refractivity contribution in [2.45, 2.75) is 123 Å². The smallest absolute Gasteiger partial charge is 0.239 e. The molecule has 0 radical (unpaired) electrons. The molecule has 0 rings (SSSR count). The van der Waals surface area contributed by atoms with E-state index in [1.807, 2.05) is 0 Å². The van der Waals surface area contributed by atoms with Crippen LogP contribution < -0.4 is 11.1 Å². The van der Waals surface area contributed by atoms with Gasteiger partial charge in [-0.25, -0.2) is 0 Å². The van der Waals surface area contributed by atoms with E-state index in [-0.39, 0.29) is 5.91 Å². The molecular formula is C21H42N2O2. The number of primary amides is 1. The van der Waals surface area contributed by atoms with Gasteiger partial charge >= 0.3 is 0 Å². The summed E-state index contributed by atoms with van der Waals surface area (Å²) in [6, 6.07) is -0.566. The van der Waals surface area contributed by atoms with Crippen molar-refractivity contribution in [2.24, 2.45) is 5.73 Å². The number of hydrogen-bond acceptors (Lipinski definition) is 2. The first kappa shape index (κ1) is 23.9. The van der Waals surface area contributed by atoms with Crippen LogP contribution in [0.3, 0.4) is 0 Å². The largest absolute Gasteiger partial charge is 0.368 e. The van der Waals surface area contributed by atoms with Crippen molar-refractivity contribution in [3.8, 4) is 0 Å². The minimum Gasteiger partial charge on any atom is -0.368 e. The fraction of sp³-hybridized carbons (Fsp3) is 0.905. The topological polar surface area (TPSA) is 72.2 Å². The molecule has 0 aromatic carbocycles. The van der Waals surface area contributed by atoms with E-state index in [0.717, 1.165) is 12.8 Å². The van der Waals surface area contributed by atoms with E-state index in [2.05, 4.69) is 12.2 Å². The van der Waals surface area contributed by atoms with E-state index < -0.39 is 11.9 Å². The molecule has 0 aromatic rings. The van der Waals surface area contributed by atoms with Gasteiger partial charge in [-0.15, -0.1) is 0 Å². The molecule has 4 nitrogen and oxygen atoms in total. The molecule has 0 fully saturated rings. The van der Waals surface area contributed by atoms with Gasteiger partial charge in [0.05, 0.1) is 0 Å². The Morgan fingerprint density at radius 1 is 0.720 bits per heavy atom. The predicted molar refractivity (Wildman–Crippen MR) is 106 cm³/mol. The van der Waals surface area contributed by atoms with E-state index in [4.69, 9.17) is 5.73 Å². The maximum atomic E-state index is 11.6. The summed E-state index contributed by atoms with van der Waals surface area (Å²) in [5.74, 6) is -0.550. The van der Waals surface area contributed by atoms with E-state index >= 15 is 0 Å². The molecule has 0 saturated carbocycles. The van der Waals surface area contributed by atoms with Crippen LogP contribution in [0.1, 0.15) is 117 Å². The molecule has 2 amide bonds. The Labute approximate surface area is 155 Å². The van der Waals surface area contributed by atoms with Crippen LogP contribution in [0.25, 0.3) is 0 Å². The maximum Gasteiger partial charge on any atom is 0.239 e. The Morgan fingerprint density at radius 2 is 1.08 bits per heavy atom. The molecule has 4 heteroatoms. The zero-order chi connectivity index (χ0) is 18.8. The molecule has 148 valence electrons. The zero-order valence-corrected chi connectivity index (χ0v) is 16.8. The Morgan fingerprint density at radius 3 is 1.44 bits per heavy atom. The van der Waals surface area contributed by atoms with Gasteiger partial charge in [0.2, 0.25) is 11.8 Å². The van der Waals surface area contributed by atoms with Crippen molar-refractivity contribution >= 4 is 11.8 Å². The van der Waals surface area contributed by atoms with Crippen LogP contribution in [0.4, 0.5) is 0 Å². The van der Waals surface area contributed by atoms with Crippen LogP contribution in [0.2, 0.25) is 0 Å². The van der Waals surface area contributed by atoms with Crippen molar-refractivity contribution in [1.82, 2.24) is 5.32 Å². The van der Waals surface area contributed by atoms with Crippen molar-refractivity contribution in [2.75, 3.05) is 0 Å². The van der Waals surface area contributed by atoms with Crippen LogP contribution in [0.15, 0.2) is 0 Å². The minimum absolute atomic E-state index is 0.0685. The summed E-state index contributed by atoms with van der Waals surface area (Å²) in [6.07, 6.45) is 20.2. The number of nitrogens with one attached hydrogen (secondary N) is 1. The van der Waals surface area contributed by atoms with Gasteiger partial charge in [-0.2, -0.15) is 0 Å². The lowest BCUT2D eigenvalue weighted by Crippen LogP contribution is -2.42. The Balaban J connectivity index is 3.19. The summed E-state index contributed by atoms with van der Waals surface area (Å²) in [5.41, 5.74) is 5.12. The molecule has 0 unspecified atom stereocenters. The fourth-order valence-electron chi connectivity index (χ4n) is 3.04. The van der Waals surface area contributed by atoms with E-state index in [1.165, 1.54) is 83.5 Å². The van der Waals surface area contributed by atoms with Crippen molar-refractivity contribution < 1.29 is 9.59 Å². The summed E-state index contributed by atoms with van der Waals surface area (Å²) in [7, 11) is 0. The molecular weight excluding hydrogens is 312 g/mol. The molecule has 0 heterocycles. The highest BCUT2D eigenvalue weighted by atomic mass is 16.2. The lowest BCUT2D eigenvalue weighted by Gasteiger charge is -2.09. The Bertz CT molecular complexity index is 332. The molecule has 0 aliphatic rings. The first-order valence-electron chi connectivity index (χ1n) is 10.7. The average Bonchev–Trinajstić information content (AvgIpc) is 2.58. The normalized spacial score (nSPS) is 12.1. The second-order valence-corrected chi connectivity index (χ2v) is 7.39.